The fraction of sp³-hybridized carbons (Fsp3) is 0.286. The molecule has 1 aliphatic heterocycles. The number of aryl methyl sites for hydroxylation is 1. The molecule has 3 rings (SSSR count). The van der Waals surface area contributed by atoms with Crippen molar-refractivity contribution >= 4 is 11.8 Å². The van der Waals surface area contributed by atoms with Crippen molar-refractivity contribution in [3.63, 3.8) is 0 Å². The van der Waals surface area contributed by atoms with E-state index in [0.29, 0.717) is 24.2 Å². The van der Waals surface area contributed by atoms with Gasteiger partial charge in [0.05, 0.1) is 11.6 Å². The van der Waals surface area contributed by atoms with Crippen LogP contribution in [0.25, 0.3) is 0 Å². The molecule has 132 valence electrons. The third-order valence-corrected chi connectivity index (χ3v) is 4.75. The molecule has 1 aliphatic rings. The zero-order chi connectivity index (χ0) is 18.5. The minimum Gasteiger partial charge on any atom is -0.349 e. The SMILES string of the molecule is Cc1ccccc1C(=O)N1CCC(NC(=O)c2cccc(C#N)c2)CC1. The van der Waals surface area contributed by atoms with E-state index in [0.717, 1.165) is 24.0 Å². The summed E-state index contributed by atoms with van der Waals surface area (Å²) < 4.78 is 0. The first-order valence-corrected chi connectivity index (χ1v) is 8.74. The van der Waals surface area contributed by atoms with Crippen molar-refractivity contribution in [3.8, 4) is 6.07 Å². The third kappa shape index (κ3) is 3.92. The number of benzene rings is 2. The van der Waals surface area contributed by atoms with Crippen molar-refractivity contribution < 1.29 is 9.59 Å². The molecule has 0 aliphatic carbocycles. The van der Waals surface area contributed by atoms with Gasteiger partial charge in [0.15, 0.2) is 0 Å². The van der Waals surface area contributed by atoms with Crippen molar-refractivity contribution in [2.75, 3.05) is 13.1 Å². The van der Waals surface area contributed by atoms with E-state index >= 15 is 0 Å². The van der Waals surface area contributed by atoms with E-state index in [-0.39, 0.29) is 17.9 Å². The van der Waals surface area contributed by atoms with Gasteiger partial charge in [-0.25, -0.2) is 0 Å². The number of likely N-dealkylation sites (tertiary alicyclic amines) is 1. The van der Waals surface area contributed by atoms with Gasteiger partial charge in [-0.05, 0) is 49.6 Å². The lowest BCUT2D eigenvalue weighted by atomic mass is 10.0. The summed E-state index contributed by atoms with van der Waals surface area (Å²) in [6, 6.07) is 16.3. The molecule has 0 saturated carbocycles. The number of rotatable bonds is 3. The van der Waals surface area contributed by atoms with E-state index in [1.165, 1.54) is 0 Å². The molecule has 5 nitrogen and oxygen atoms in total. The van der Waals surface area contributed by atoms with E-state index in [9.17, 15) is 9.59 Å². The molecule has 0 spiro atoms. The lowest BCUT2D eigenvalue weighted by Crippen LogP contribution is -2.46. The minimum atomic E-state index is -0.175. The molecule has 2 aromatic carbocycles. The molecule has 0 aromatic heterocycles. The first-order chi connectivity index (χ1) is 12.6. The number of nitriles is 1. The zero-order valence-electron chi connectivity index (χ0n) is 14.7. The number of piperidine rings is 1. The summed E-state index contributed by atoms with van der Waals surface area (Å²) >= 11 is 0. The fourth-order valence-electron chi connectivity index (χ4n) is 3.21. The Balaban J connectivity index is 1.57. The summed E-state index contributed by atoms with van der Waals surface area (Å²) in [5.41, 5.74) is 2.67. The Kier molecular flexibility index (Phi) is 5.33. The largest absolute Gasteiger partial charge is 0.349 e. The Morgan fingerprint density at radius 2 is 1.85 bits per heavy atom. The molecule has 2 aromatic rings. The molecule has 1 N–H and O–H groups in total. The number of hydrogen-bond donors (Lipinski definition) is 1. The van der Waals surface area contributed by atoms with Crippen LogP contribution in [0.3, 0.4) is 0 Å². The standard InChI is InChI=1S/C21H21N3O2/c1-15-5-2-3-8-19(15)21(26)24-11-9-18(10-12-24)23-20(25)17-7-4-6-16(13-17)14-22/h2-8,13,18H,9-12H2,1H3,(H,23,25). The Bertz CT molecular complexity index is 862. The second-order valence-electron chi connectivity index (χ2n) is 6.55. The zero-order valence-corrected chi connectivity index (χ0v) is 14.7. The maximum absolute atomic E-state index is 12.6. The van der Waals surface area contributed by atoms with Gasteiger partial charge in [-0.3, -0.25) is 9.59 Å². The molecule has 26 heavy (non-hydrogen) atoms. The van der Waals surface area contributed by atoms with Gasteiger partial charge >= 0.3 is 0 Å². The monoisotopic (exact) mass is 347 g/mol. The summed E-state index contributed by atoms with van der Waals surface area (Å²) in [7, 11) is 0. The Morgan fingerprint density at radius 1 is 1.12 bits per heavy atom. The van der Waals surface area contributed by atoms with E-state index in [4.69, 9.17) is 5.26 Å². The number of carbonyl (C=O) groups is 2. The van der Waals surface area contributed by atoms with Crippen LogP contribution in [-0.2, 0) is 0 Å². The molecule has 1 fully saturated rings. The van der Waals surface area contributed by atoms with E-state index in [2.05, 4.69) is 5.32 Å². The normalized spacial score (nSPS) is 14.5. The Morgan fingerprint density at radius 3 is 2.54 bits per heavy atom. The van der Waals surface area contributed by atoms with Crippen LogP contribution >= 0.6 is 0 Å². The van der Waals surface area contributed by atoms with Crippen LogP contribution in [0.2, 0.25) is 0 Å². The number of carbonyl (C=O) groups excluding carboxylic acids is 2. The van der Waals surface area contributed by atoms with Crippen LogP contribution in [-0.4, -0.2) is 35.8 Å². The molecule has 1 heterocycles. The summed E-state index contributed by atoms with van der Waals surface area (Å²) in [6.45, 7) is 3.18. The lowest BCUT2D eigenvalue weighted by molar-refractivity contribution is 0.0697. The van der Waals surface area contributed by atoms with E-state index in [1.54, 1.807) is 24.3 Å². The molecule has 0 unspecified atom stereocenters. The second kappa shape index (κ2) is 7.83. The maximum Gasteiger partial charge on any atom is 0.254 e. The highest BCUT2D eigenvalue weighted by molar-refractivity contribution is 5.96. The van der Waals surface area contributed by atoms with Crippen LogP contribution in [0.15, 0.2) is 48.5 Å². The Labute approximate surface area is 153 Å². The van der Waals surface area contributed by atoms with Crippen LogP contribution < -0.4 is 5.32 Å². The molecule has 0 atom stereocenters. The lowest BCUT2D eigenvalue weighted by Gasteiger charge is -2.32. The quantitative estimate of drug-likeness (QED) is 0.928. The predicted molar refractivity (Wildman–Crippen MR) is 98.7 cm³/mol. The van der Waals surface area contributed by atoms with Crippen LogP contribution in [0, 0.1) is 18.3 Å². The highest BCUT2D eigenvalue weighted by Gasteiger charge is 2.25. The topological polar surface area (TPSA) is 73.2 Å². The van der Waals surface area contributed by atoms with Gasteiger partial charge < -0.3 is 10.2 Å². The molecule has 2 amide bonds. The first kappa shape index (κ1) is 17.7. The molecular formula is C21H21N3O2. The van der Waals surface area contributed by atoms with E-state index in [1.807, 2.05) is 42.2 Å². The maximum atomic E-state index is 12.6. The average Bonchev–Trinajstić information content (AvgIpc) is 2.68. The van der Waals surface area contributed by atoms with Gasteiger partial charge in [-0.15, -0.1) is 0 Å². The van der Waals surface area contributed by atoms with Crippen LogP contribution in [0.5, 0.6) is 0 Å². The smallest absolute Gasteiger partial charge is 0.254 e. The Hall–Kier alpha value is -3.13. The summed E-state index contributed by atoms with van der Waals surface area (Å²) in [6.07, 6.45) is 1.45. The molecule has 0 bridgehead atoms. The van der Waals surface area contributed by atoms with Crippen LogP contribution in [0.1, 0.15) is 44.7 Å². The van der Waals surface area contributed by atoms with E-state index < -0.39 is 0 Å². The average molecular weight is 347 g/mol. The van der Waals surface area contributed by atoms with Gasteiger partial charge in [-0.1, -0.05) is 24.3 Å². The summed E-state index contributed by atoms with van der Waals surface area (Å²) in [5, 5.41) is 12.0. The van der Waals surface area contributed by atoms with Gasteiger partial charge in [0, 0.05) is 30.3 Å². The van der Waals surface area contributed by atoms with Crippen molar-refractivity contribution in [2.45, 2.75) is 25.8 Å². The highest BCUT2D eigenvalue weighted by atomic mass is 16.2. The van der Waals surface area contributed by atoms with Crippen LogP contribution in [0.4, 0.5) is 0 Å². The number of nitrogens with zero attached hydrogens (tertiary/aromatic N) is 2. The second-order valence-corrected chi connectivity index (χ2v) is 6.55. The van der Waals surface area contributed by atoms with Crippen molar-refractivity contribution in [2.24, 2.45) is 0 Å². The third-order valence-electron chi connectivity index (χ3n) is 4.75. The summed E-state index contributed by atoms with van der Waals surface area (Å²) in [4.78, 5) is 26.9. The number of nitrogens with one attached hydrogen (secondary N) is 1. The first-order valence-electron chi connectivity index (χ1n) is 8.74. The number of hydrogen-bond acceptors (Lipinski definition) is 3. The fourth-order valence-corrected chi connectivity index (χ4v) is 3.21. The summed E-state index contributed by atoms with van der Waals surface area (Å²) in [5.74, 6) is -0.125. The van der Waals surface area contributed by atoms with Gasteiger partial charge in [-0.2, -0.15) is 5.26 Å². The molecule has 1 saturated heterocycles. The number of amides is 2. The van der Waals surface area contributed by atoms with Crippen molar-refractivity contribution in [1.29, 1.82) is 5.26 Å². The predicted octanol–water partition coefficient (Wildman–Crippen LogP) is 2.90. The van der Waals surface area contributed by atoms with Gasteiger partial charge in [0.25, 0.3) is 11.8 Å². The molecule has 5 heteroatoms. The van der Waals surface area contributed by atoms with Crippen molar-refractivity contribution in [3.05, 3.63) is 70.8 Å². The van der Waals surface area contributed by atoms with Gasteiger partial charge in [0.1, 0.15) is 0 Å². The minimum absolute atomic E-state index is 0.0363. The molecule has 0 radical (unpaired) electrons. The van der Waals surface area contributed by atoms with Crippen molar-refractivity contribution in [1.82, 2.24) is 10.2 Å². The highest BCUT2D eigenvalue weighted by Crippen LogP contribution is 2.17. The molecular weight excluding hydrogens is 326 g/mol. The van der Waals surface area contributed by atoms with Gasteiger partial charge in [0.2, 0.25) is 0 Å².